The molecule has 6 nitrogen and oxygen atoms in total. The number of carboxylic acid groups (broad SMARTS) is 1. The topological polar surface area (TPSA) is 78.9 Å². The summed E-state index contributed by atoms with van der Waals surface area (Å²) in [5.41, 5.74) is 3.71. The van der Waals surface area contributed by atoms with E-state index in [0.29, 0.717) is 11.5 Å². The van der Waals surface area contributed by atoms with Gasteiger partial charge >= 0.3 is 5.97 Å². The molecule has 1 aliphatic carbocycles. The predicted octanol–water partition coefficient (Wildman–Crippen LogP) is 4.13. The minimum Gasteiger partial charge on any atom is -0.481 e. The fourth-order valence-electron chi connectivity index (χ4n) is 4.36. The highest BCUT2D eigenvalue weighted by Gasteiger charge is 2.26. The van der Waals surface area contributed by atoms with E-state index in [1.54, 1.807) is 0 Å². The zero-order valence-electron chi connectivity index (χ0n) is 17.0. The zero-order valence-corrected chi connectivity index (χ0v) is 17.0. The van der Waals surface area contributed by atoms with Gasteiger partial charge in [0, 0.05) is 30.0 Å². The summed E-state index contributed by atoms with van der Waals surface area (Å²) in [4.78, 5) is 26.0. The monoisotopic (exact) mass is 408 g/mol. The first-order valence-corrected chi connectivity index (χ1v) is 10.7. The lowest BCUT2D eigenvalue weighted by Gasteiger charge is -2.28. The lowest BCUT2D eigenvalue weighted by molar-refractivity contribution is -0.142. The Morgan fingerprint density at radius 1 is 0.900 bits per heavy atom. The van der Waals surface area contributed by atoms with Crippen molar-refractivity contribution in [3.8, 4) is 0 Å². The van der Waals surface area contributed by atoms with Gasteiger partial charge in [0.25, 0.3) is 5.91 Å². The number of hydrogen-bond donors (Lipinski definition) is 2. The molecule has 1 amide bonds. The minimum atomic E-state index is -0.676. The van der Waals surface area contributed by atoms with E-state index < -0.39 is 5.97 Å². The number of carbonyl (C=O) groups excluding carboxylic acids is 1. The van der Waals surface area contributed by atoms with Crippen molar-refractivity contribution in [2.24, 2.45) is 5.92 Å². The van der Waals surface area contributed by atoms with Gasteiger partial charge in [-0.05, 0) is 73.6 Å². The van der Waals surface area contributed by atoms with Crippen molar-refractivity contribution >= 4 is 23.3 Å². The minimum absolute atomic E-state index is 0.127. The number of morpholine rings is 1. The summed E-state index contributed by atoms with van der Waals surface area (Å²) in [6.07, 6.45) is 3.27. The standard InChI is InChI=1S/C24H28N2O4/c27-23(19-7-11-22(12-8-19)26-13-15-30-16-14-26)25-21-9-5-18(6-10-21)17-1-3-20(4-2-17)24(28)29/h5-12,17,20H,1-4,13-16H2,(H,25,27)(H,28,29)/t17-,20-. The Balaban J connectivity index is 1.33. The van der Waals surface area contributed by atoms with E-state index in [4.69, 9.17) is 9.84 Å². The Morgan fingerprint density at radius 3 is 2.13 bits per heavy atom. The highest BCUT2D eigenvalue weighted by molar-refractivity contribution is 6.04. The van der Waals surface area contributed by atoms with Crippen LogP contribution < -0.4 is 10.2 Å². The first kappa shape index (κ1) is 20.4. The van der Waals surface area contributed by atoms with Crippen LogP contribution in [0.5, 0.6) is 0 Å². The van der Waals surface area contributed by atoms with Crippen LogP contribution in [0.3, 0.4) is 0 Å². The number of ether oxygens (including phenoxy) is 1. The molecule has 0 unspecified atom stereocenters. The van der Waals surface area contributed by atoms with Gasteiger partial charge < -0.3 is 20.1 Å². The molecular formula is C24H28N2O4. The molecule has 0 bridgehead atoms. The second-order valence-electron chi connectivity index (χ2n) is 8.11. The van der Waals surface area contributed by atoms with Crippen LogP contribution >= 0.6 is 0 Å². The van der Waals surface area contributed by atoms with Crippen molar-refractivity contribution in [2.75, 3.05) is 36.5 Å². The molecule has 2 aromatic rings. The molecule has 4 rings (SSSR count). The number of amides is 1. The van der Waals surface area contributed by atoms with E-state index in [1.807, 2.05) is 48.5 Å². The third kappa shape index (κ3) is 4.82. The van der Waals surface area contributed by atoms with Gasteiger partial charge in [0.2, 0.25) is 0 Å². The van der Waals surface area contributed by atoms with E-state index in [9.17, 15) is 9.59 Å². The number of anilines is 2. The first-order chi connectivity index (χ1) is 14.6. The van der Waals surface area contributed by atoms with Gasteiger partial charge in [0.15, 0.2) is 0 Å². The maximum Gasteiger partial charge on any atom is 0.306 e. The molecule has 2 fully saturated rings. The zero-order chi connectivity index (χ0) is 20.9. The van der Waals surface area contributed by atoms with Crippen molar-refractivity contribution in [1.82, 2.24) is 0 Å². The largest absolute Gasteiger partial charge is 0.481 e. The lowest BCUT2D eigenvalue weighted by Crippen LogP contribution is -2.36. The number of rotatable bonds is 5. The summed E-state index contributed by atoms with van der Waals surface area (Å²) in [5.74, 6) is -0.602. The van der Waals surface area contributed by atoms with Crippen molar-refractivity contribution in [2.45, 2.75) is 31.6 Å². The molecule has 2 N–H and O–H groups in total. The van der Waals surface area contributed by atoms with E-state index in [0.717, 1.165) is 63.4 Å². The average molecular weight is 408 g/mol. The average Bonchev–Trinajstić information content (AvgIpc) is 2.80. The molecule has 30 heavy (non-hydrogen) atoms. The highest BCUT2D eigenvalue weighted by Crippen LogP contribution is 2.36. The number of benzene rings is 2. The molecule has 1 saturated heterocycles. The number of carbonyl (C=O) groups is 2. The van der Waals surface area contributed by atoms with Crippen molar-refractivity contribution in [3.05, 3.63) is 59.7 Å². The quantitative estimate of drug-likeness (QED) is 0.778. The van der Waals surface area contributed by atoms with Crippen LogP contribution in [0.2, 0.25) is 0 Å². The summed E-state index contributed by atoms with van der Waals surface area (Å²) in [6, 6.07) is 15.6. The molecule has 0 atom stereocenters. The second-order valence-corrected chi connectivity index (χ2v) is 8.11. The molecule has 0 radical (unpaired) electrons. The Labute approximate surface area is 176 Å². The third-order valence-corrected chi connectivity index (χ3v) is 6.22. The predicted molar refractivity (Wildman–Crippen MR) is 116 cm³/mol. The van der Waals surface area contributed by atoms with Crippen molar-refractivity contribution in [3.63, 3.8) is 0 Å². The van der Waals surface area contributed by atoms with Gasteiger partial charge in [0.1, 0.15) is 0 Å². The highest BCUT2D eigenvalue weighted by atomic mass is 16.5. The summed E-state index contributed by atoms with van der Waals surface area (Å²) in [6.45, 7) is 3.21. The molecule has 158 valence electrons. The smallest absolute Gasteiger partial charge is 0.306 e. The Morgan fingerprint density at radius 2 is 1.53 bits per heavy atom. The van der Waals surface area contributed by atoms with Crippen LogP contribution in [0.25, 0.3) is 0 Å². The molecule has 1 heterocycles. The normalized spacial score (nSPS) is 21.8. The van der Waals surface area contributed by atoms with Crippen LogP contribution in [0.15, 0.2) is 48.5 Å². The van der Waals surface area contributed by atoms with Gasteiger partial charge in [-0.25, -0.2) is 0 Å². The Bertz CT molecular complexity index is 865. The summed E-state index contributed by atoms with van der Waals surface area (Å²) in [7, 11) is 0. The van der Waals surface area contributed by atoms with Gasteiger partial charge in [-0.15, -0.1) is 0 Å². The van der Waals surface area contributed by atoms with E-state index >= 15 is 0 Å². The number of aliphatic carboxylic acids is 1. The molecular weight excluding hydrogens is 380 g/mol. The fourth-order valence-corrected chi connectivity index (χ4v) is 4.36. The van der Waals surface area contributed by atoms with Crippen molar-refractivity contribution in [1.29, 1.82) is 0 Å². The SMILES string of the molecule is O=C(Nc1ccc([C@H]2CC[C@H](C(=O)O)CC2)cc1)c1ccc(N2CCOCC2)cc1. The Hall–Kier alpha value is -2.86. The van der Waals surface area contributed by atoms with Crippen molar-refractivity contribution < 1.29 is 19.4 Å². The van der Waals surface area contributed by atoms with Gasteiger partial charge in [-0.3, -0.25) is 9.59 Å². The fraction of sp³-hybridized carbons (Fsp3) is 0.417. The molecule has 0 aromatic heterocycles. The molecule has 1 saturated carbocycles. The summed E-state index contributed by atoms with van der Waals surface area (Å²) in [5, 5.41) is 12.1. The number of nitrogens with zero attached hydrogens (tertiary/aromatic N) is 1. The van der Waals surface area contributed by atoms with Crippen LogP contribution in [0.1, 0.15) is 47.5 Å². The number of hydrogen-bond acceptors (Lipinski definition) is 4. The maximum atomic E-state index is 12.6. The first-order valence-electron chi connectivity index (χ1n) is 10.7. The van der Waals surface area contributed by atoms with Gasteiger partial charge in [-0.2, -0.15) is 0 Å². The van der Waals surface area contributed by atoms with E-state index in [1.165, 1.54) is 5.56 Å². The Kier molecular flexibility index (Phi) is 6.33. The van der Waals surface area contributed by atoms with Crippen LogP contribution in [0.4, 0.5) is 11.4 Å². The third-order valence-electron chi connectivity index (χ3n) is 6.22. The van der Waals surface area contributed by atoms with Crippen LogP contribution in [-0.4, -0.2) is 43.3 Å². The van der Waals surface area contributed by atoms with Gasteiger partial charge in [0.05, 0.1) is 19.1 Å². The molecule has 2 aliphatic rings. The summed E-state index contributed by atoms with van der Waals surface area (Å²) >= 11 is 0. The molecule has 1 aliphatic heterocycles. The number of nitrogens with one attached hydrogen (secondary N) is 1. The van der Waals surface area contributed by atoms with E-state index in [-0.39, 0.29) is 11.8 Å². The second kappa shape index (κ2) is 9.30. The molecule has 0 spiro atoms. The van der Waals surface area contributed by atoms with Gasteiger partial charge in [-0.1, -0.05) is 12.1 Å². The summed E-state index contributed by atoms with van der Waals surface area (Å²) < 4.78 is 5.38. The maximum absolute atomic E-state index is 12.6. The molecule has 6 heteroatoms. The lowest BCUT2D eigenvalue weighted by atomic mass is 9.79. The number of carboxylic acids is 1. The van der Waals surface area contributed by atoms with E-state index in [2.05, 4.69) is 10.2 Å². The molecule has 2 aromatic carbocycles. The van der Waals surface area contributed by atoms with Crippen LogP contribution in [-0.2, 0) is 9.53 Å². The van der Waals surface area contributed by atoms with Crippen LogP contribution in [0, 0.1) is 5.92 Å².